The Bertz CT molecular complexity index is 459. The minimum atomic E-state index is -0.516. The second kappa shape index (κ2) is 3.65. The summed E-state index contributed by atoms with van der Waals surface area (Å²) in [7, 11) is 0. The van der Waals surface area contributed by atoms with Crippen molar-refractivity contribution >= 4 is 27.5 Å². The van der Waals surface area contributed by atoms with Gasteiger partial charge in [-0.05, 0) is 0 Å². The lowest BCUT2D eigenvalue weighted by atomic mass is 10.4. The number of halogens is 1. The number of hydrogen-bond acceptors (Lipinski definition) is 4. The van der Waals surface area contributed by atoms with E-state index in [0.717, 1.165) is 6.33 Å². The number of hydrogen-bond donors (Lipinski definition) is 2. The maximum atomic E-state index is 11.5. The quantitative estimate of drug-likeness (QED) is 0.704. The molecule has 1 aliphatic rings. The zero-order valence-corrected chi connectivity index (χ0v) is 9.19. The van der Waals surface area contributed by atoms with E-state index in [2.05, 4.69) is 25.9 Å². The number of carbonyl (C=O) groups is 1. The van der Waals surface area contributed by atoms with Crippen molar-refractivity contribution in [3.05, 3.63) is 16.7 Å². The fourth-order valence-corrected chi connectivity index (χ4v) is 2.07. The Hall–Kier alpha value is -1.37. The molecule has 2 N–H and O–H groups in total. The molecule has 0 bridgehead atoms. The summed E-state index contributed by atoms with van der Waals surface area (Å²) >= 11 is 3.29. The van der Waals surface area contributed by atoms with E-state index in [4.69, 9.17) is 0 Å². The van der Waals surface area contributed by atoms with Crippen LogP contribution in [0.2, 0.25) is 0 Å². The van der Waals surface area contributed by atoms with Gasteiger partial charge in [0.25, 0.3) is 5.56 Å². The fourth-order valence-electron chi connectivity index (χ4n) is 1.51. The van der Waals surface area contributed by atoms with Crippen molar-refractivity contribution in [2.45, 2.75) is 11.2 Å². The molecule has 1 saturated heterocycles. The van der Waals surface area contributed by atoms with E-state index >= 15 is 0 Å². The largest absolute Gasteiger partial charge is 0.492 e. The molecule has 0 radical (unpaired) electrons. The summed E-state index contributed by atoms with van der Waals surface area (Å²) < 4.78 is 0. The van der Waals surface area contributed by atoms with Crippen molar-refractivity contribution in [3.63, 3.8) is 0 Å². The molecular weight excluding hydrogens is 266 g/mol. The predicted molar refractivity (Wildman–Crippen MR) is 56.2 cm³/mol. The summed E-state index contributed by atoms with van der Waals surface area (Å²) in [6.45, 7) is 0.362. The van der Waals surface area contributed by atoms with E-state index in [1.54, 1.807) is 0 Å². The van der Waals surface area contributed by atoms with E-state index in [-0.39, 0.29) is 16.4 Å². The maximum Gasteiger partial charge on any atom is 0.278 e. The second-order valence-corrected chi connectivity index (χ2v) is 4.50. The molecule has 1 amide bonds. The molecule has 1 aromatic rings. The molecule has 1 aliphatic heterocycles. The van der Waals surface area contributed by atoms with Crippen LogP contribution in [-0.2, 0) is 4.79 Å². The van der Waals surface area contributed by atoms with Gasteiger partial charge in [-0.15, -0.1) is 0 Å². The first-order chi connectivity index (χ1) is 7.09. The third-order valence-corrected chi connectivity index (χ3v) is 2.77. The molecule has 0 spiro atoms. The number of amides is 1. The maximum absolute atomic E-state index is 11.5. The Labute approximate surface area is 93.1 Å². The first kappa shape index (κ1) is 10.2. The van der Waals surface area contributed by atoms with Gasteiger partial charge < -0.3 is 15.0 Å². The number of carbonyl (C=O) groups excluding carboxylic acids is 1. The minimum Gasteiger partial charge on any atom is -0.492 e. The lowest BCUT2D eigenvalue weighted by Gasteiger charge is -2.14. The first-order valence-electron chi connectivity index (χ1n) is 4.30. The van der Waals surface area contributed by atoms with Gasteiger partial charge in [0, 0.05) is 17.8 Å². The third kappa shape index (κ3) is 1.74. The molecule has 1 atom stereocenters. The van der Waals surface area contributed by atoms with Crippen LogP contribution < -0.4 is 10.5 Å². The Morgan fingerprint density at radius 1 is 1.60 bits per heavy atom. The van der Waals surface area contributed by atoms with E-state index < -0.39 is 11.4 Å². The van der Waals surface area contributed by atoms with E-state index in [1.807, 2.05) is 0 Å². The smallest absolute Gasteiger partial charge is 0.278 e. The highest BCUT2D eigenvalue weighted by molar-refractivity contribution is 9.09. The zero-order valence-electron chi connectivity index (χ0n) is 7.61. The average molecular weight is 274 g/mol. The van der Waals surface area contributed by atoms with Crippen molar-refractivity contribution in [3.8, 4) is 5.88 Å². The molecule has 0 aliphatic carbocycles. The molecule has 80 valence electrons. The molecular formula is C8H8BrN3O3. The lowest BCUT2D eigenvalue weighted by Crippen LogP contribution is -2.30. The van der Waals surface area contributed by atoms with E-state index in [9.17, 15) is 14.7 Å². The van der Waals surface area contributed by atoms with Crippen LogP contribution in [0.3, 0.4) is 0 Å². The van der Waals surface area contributed by atoms with Crippen LogP contribution in [0.4, 0.5) is 5.69 Å². The van der Waals surface area contributed by atoms with Gasteiger partial charge in [-0.3, -0.25) is 9.59 Å². The van der Waals surface area contributed by atoms with Gasteiger partial charge in [0.2, 0.25) is 11.8 Å². The monoisotopic (exact) mass is 273 g/mol. The molecule has 1 unspecified atom stereocenters. The number of anilines is 1. The van der Waals surface area contributed by atoms with Gasteiger partial charge in [0.15, 0.2) is 5.69 Å². The average Bonchev–Trinajstić information content (AvgIpc) is 2.45. The van der Waals surface area contributed by atoms with Crippen molar-refractivity contribution in [2.24, 2.45) is 0 Å². The predicted octanol–water partition coefficient (Wildman–Crippen LogP) is -0.0243. The number of H-pyrrole nitrogens is 1. The summed E-state index contributed by atoms with van der Waals surface area (Å²) in [5, 5.41) is 9.42. The van der Waals surface area contributed by atoms with E-state index in [1.165, 1.54) is 4.90 Å². The Kier molecular flexibility index (Phi) is 2.47. The number of aromatic amines is 1. The van der Waals surface area contributed by atoms with Gasteiger partial charge in [0.05, 0.1) is 6.33 Å². The number of nitrogens with one attached hydrogen (secondary N) is 1. The van der Waals surface area contributed by atoms with Gasteiger partial charge in [-0.1, -0.05) is 15.9 Å². The Balaban J connectivity index is 2.46. The van der Waals surface area contributed by atoms with Crippen molar-refractivity contribution in [1.82, 2.24) is 9.97 Å². The number of nitrogens with zero attached hydrogens (tertiary/aromatic N) is 2. The highest BCUT2D eigenvalue weighted by Gasteiger charge is 2.32. The number of aromatic hydroxyl groups is 1. The van der Waals surface area contributed by atoms with Crippen molar-refractivity contribution in [2.75, 3.05) is 11.4 Å². The molecule has 0 aromatic carbocycles. The molecule has 1 fully saturated rings. The van der Waals surface area contributed by atoms with Crippen molar-refractivity contribution in [1.29, 1.82) is 0 Å². The van der Waals surface area contributed by atoms with Crippen molar-refractivity contribution < 1.29 is 9.90 Å². The minimum absolute atomic E-state index is 0.00371. The normalized spacial score (nSPS) is 21.0. The standard InChI is InChI=1S/C8H8BrN3O3/c9-4-1-5(13)12(2-4)6-7(14)10-3-11-8(6)15/h3-4H,1-2H2,(H2,10,11,14,15). The number of aromatic nitrogens is 2. The second-order valence-electron chi connectivity index (χ2n) is 3.21. The van der Waals surface area contributed by atoms with Crippen LogP contribution in [-0.4, -0.2) is 32.4 Å². The molecule has 1 aromatic heterocycles. The fraction of sp³-hybridized carbons (Fsp3) is 0.375. The molecule has 0 saturated carbocycles. The summed E-state index contributed by atoms with van der Waals surface area (Å²) in [4.78, 5) is 30.0. The van der Waals surface area contributed by atoms with Gasteiger partial charge in [0.1, 0.15) is 0 Å². The third-order valence-electron chi connectivity index (χ3n) is 2.16. The lowest BCUT2D eigenvalue weighted by molar-refractivity contribution is -0.117. The Morgan fingerprint density at radius 2 is 2.33 bits per heavy atom. The summed E-state index contributed by atoms with van der Waals surface area (Å²) in [6, 6.07) is 0. The Morgan fingerprint density at radius 3 is 2.87 bits per heavy atom. The molecule has 15 heavy (non-hydrogen) atoms. The molecule has 6 nitrogen and oxygen atoms in total. The molecule has 2 rings (SSSR count). The van der Waals surface area contributed by atoms with Crippen LogP contribution in [0.15, 0.2) is 11.1 Å². The van der Waals surface area contributed by atoms with Crippen LogP contribution in [0.5, 0.6) is 5.88 Å². The first-order valence-corrected chi connectivity index (χ1v) is 5.22. The SMILES string of the molecule is O=C1CC(Br)CN1c1c(O)nc[nH]c1=O. The summed E-state index contributed by atoms with van der Waals surface area (Å²) in [6.07, 6.45) is 1.40. The van der Waals surface area contributed by atoms with Crippen LogP contribution in [0, 0.1) is 0 Å². The van der Waals surface area contributed by atoms with Gasteiger partial charge in [-0.2, -0.15) is 0 Å². The van der Waals surface area contributed by atoms with Crippen LogP contribution in [0.25, 0.3) is 0 Å². The molecule has 2 heterocycles. The summed E-state index contributed by atoms with van der Waals surface area (Å²) in [5.41, 5.74) is -0.595. The highest BCUT2D eigenvalue weighted by Crippen LogP contribution is 2.26. The van der Waals surface area contributed by atoms with Gasteiger partial charge in [-0.25, -0.2) is 4.98 Å². The van der Waals surface area contributed by atoms with Crippen LogP contribution in [0.1, 0.15) is 6.42 Å². The number of rotatable bonds is 1. The van der Waals surface area contributed by atoms with Crippen LogP contribution >= 0.6 is 15.9 Å². The highest BCUT2D eigenvalue weighted by atomic mass is 79.9. The van der Waals surface area contributed by atoms with Gasteiger partial charge >= 0.3 is 0 Å². The van der Waals surface area contributed by atoms with E-state index in [0.29, 0.717) is 13.0 Å². The zero-order chi connectivity index (χ0) is 11.0. The number of alkyl halides is 1. The molecule has 7 heteroatoms. The topological polar surface area (TPSA) is 86.3 Å². The summed E-state index contributed by atoms with van der Waals surface area (Å²) in [5.74, 6) is -0.626.